The monoisotopic (exact) mass is 494 g/mol. The predicted molar refractivity (Wildman–Crippen MR) is 133 cm³/mol. The predicted octanol–water partition coefficient (Wildman–Crippen LogP) is 4.92. The summed E-state index contributed by atoms with van der Waals surface area (Å²) in [5, 5.41) is 16.9. The van der Waals surface area contributed by atoms with Gasteiger partial charge in [0.25, 0.3) is 5.69 Å². The Hall–Kier alpha value is -3.79. The second-order valence-corrected chi connectivity index (χ2v) is 8.92. The Bertz CT molecular complexity index is 1300. The van der Waals surface area contributed by atoms with Crippen LogP contribution < -0.4 is 4.74 Å². The van der Waals surface area contributed by atoms with E-state index in [0.29, 0.717) is 42.3 Å². The number of aromatic nitrogens is 3. The van der Waals surface area contributed by atoms with Gasteiger partial charge in [-0.05, 0) is 49.9 Å². The normalized spacial score (nSPS) is 17.6. The van der Waals surface area contributed by atoms with Gasteiger partial charge in [-0.3, -0.25) is 14.8 Å². The molecule has 2 aromatic heterocycles. The van der Waals surface area contributed by atoms with E-state index in [4.69, 9.17) is 14.2 Å². The number of carbonyl (C=O) groups excluding carboxylic acids is 1. The smallest absolute Gasteiger partial charge is 0.341 e. The molecule has 2 atom stereocenters. The summed E-state index contributed by atoms with van der Waals surface area (Å²) in [5.41, 5.74) is 3.87. The number of carbonyl (C=O) groups is 1. The quantitative estimate of drug-likeness (QED) is 0.258. The van der Waals surface area contributed by atoms with Crippen molar-refractivity contribution in [3.8, 4) is 28.3 Å². The van der Waals surface area contributed by atoms with Crippen LogP contribution in [0.5, 0.6) is 5.88 Å². The zero-order valence-electron chi connectivity index (χ0n) is 21.1. The molecule has 3 heterocycles. The van der Waals surface area contributed by atoms with E-state index < -0.39 is 10.9 Å². The zero-order valence-corrected chi connectivity index (χ0v) is 21.1. The number of pyridine rings is 1. The standard InChI is InChI=1S/C26H30N4O6/c1-6-36-26(31)20-13-28-29(21-9-10-35-14-16(21)3)24(20)19-8-7-18(11-22(19)30(32)33)23-15(2)12-27-25(34-5)17(23)4/h7-8,11-13,16,21H,6,9-10,14H2,1-5H3. The first-order valence-electron chi connectivity index (χ1n) is 11.9. The van der Waals surface area contributed by atoms with Gasteiger partial charge in [-0.1, -0.05) is 13.0 Å². The summed E-state index contributed by atoms with van der Waals surface area (Å²) in [6, 6.07) is 4.95. The molecule has 0 saturated carbocycles. The van der Waals surface area contributed by atoms with Crippen LogP contribution in [-0.4, -0.2) is 52.6 Å². The van der Waals surface area contributed by atoms with Gasteiger partial charge < -0.3 is 14.2 Å². The van der Waals surface area contributed by atoms with Crippen LogP contribution in [0.25, 0.3) is 22.4 Å². The van der Waals surface area contributed by atoms with Crippen molar-refractivity contribution >= 4 is 11.7 Å². The first-order chi connectivity index (χ1) is 17.3. The molecule has 0 spiro atoms. The molecule has 36 heavy (non-hydrogen) atoms. The third-order valence-electron chi connectivity index (χ3n) is 6.60. The number of ether oxygens (including phenoxy) is 3. The molecule has 0 amide bonds. The van der Waals surface area contributed by atoms with Crippen molar-refractivity contribution in [2.24, 2.45) is 5.92 Å². The minimum absolute atomic E-state index is 0.0786. The SMILES string of the molecule is CCOC(=O)c1cnn(C2CCOCC2C)c1-c1ccc(-c2c(C)cnc(OC)c2C)cc1[N+](=O)[O-]. The van der Waals surface area contributed by atoms with Gasteiger partial charge in [0.05, 0.1) is 48.7 Å². The molecular weight excluding hydrogens is 464 g/mol. The fraction of sp³-hybridized carbons (Fsp3) is 0.423. The molecule has 1 aliphatic heterocycles. The fourth-order valence-electron chi connectivity index (χ4n) is 4.88. The van der Waals surface area contributed by atoms with Crippen LogP contribution in [0.1, 0.15) is 47.8 Å². The molecule has 0 radical (unpaired) electrons. The highest BCUT2D eigenvalue weighted by atomic mass is 16.6. The van der Waals surface area contributed by atoms with Gasteiger partial charge in [0.1, 0.15) is 5.56 Å². The van der Waals surface area contributed by atoms with E-state index in [9.17, 15) is 14.9 Å². The first kappa shape index (κ1) is 25.3. The molecule has 4 rings (SSSR count). The van der Waals surface area contributed by atoms with E-state index in [0.717, 1.165) is 16.7 Å². The molecule has 190 valence electrons. The van der Waals surface area contributed by atoms with Gasteiger partial charge >= 0.3 is 5.97 Å². The van der Waals surface area contributed by atoms with Gasteiger partial charge in [0.15, 0.2) is 0 Å². The van der Waals surface area contributed by atoms with Crippen molar-refractivity contribution in [2.45, 2.75) is 40.2 Å². The molecule has 10 heteroatoms. The number of hydrogen-bond acceptors (Lipinski definition) is 8. The number of nitrogens with zero attached hydrogens (tertiary/aromatic N) is 4. The van der Waals surface area contributed by atoms with E-state index in [-0.39, 0.29) is 29.8 Å². The lowest BCUT2D eigenvalue weighted by molar-refractivity contribution is -0.384. The van der Waals surface area contributed by atoms with Crippen LogP contribution >= 0.6 is 0 Å². The Labute approximate surface area is 209 Å². The lowest BCUT2D eigenvalue weighted by Crippen LogP contribution is -2.29. The Morgan fingerprint density at radius 3 is 2.75 bits per heavy atom. The highest BCUT2D eigenvalue weighted by Gasteiger charge is 2.33. The molecule has 10 nitrogen and oxygen atoms in total. The summed E-state index contributed by atoms with van der Waals surface area (Å²) in [6.45, 7) is 8.80. The van der Waals surface area contributed by atoms with E-state index in [1.54, 1.807) is 23.9 Å². The zero-order chi connectivity index (χ0) is 26.0. The number of methoxy groups -OCH3 is 1. The second-order valence-electron chi connectivity index (χ2n) is 8.92. The van der Waals surface area contributed by atoms with E-state index in [2.05, 4.69) is 10.1 Å². The Balaban J connectivity index is 1.94. The second kappa shape index (κ2) is 10.4. The molecule has 3 aromatic rings. The summed E-state index contributed by atoms with van der Waals surface area (Å²) >= 11 is 0. The van der Waals surface area contributed by atoms with E-state index in [1.165, 1.54) is 19.4 Å². The molecular formula is C26H30N4O6. The third-order valence-corrected chi connectivity index (χ3v) is 6.60. The number of rotatable bonds is 7. The number of nitro benzene ring substituents is 1. The summed E-state index contributed by atoms with van der Waals surface area (Å²) in [7, 11) is 1.54. The highest BCUT2D eigenvalue weighted by Crippen LogP contribution is 2.41. The molecule has 1 aliphatic rings. The van der Waals surface area contributed by atoms with E-state index >= 15 is 0 Å². The van der Waals surface area contributed by atoms with Gasteiger partial charge in [-0.25, -0.2) is 9.78 Å². The van der Waals surface area contributed by atoms with Gasteiger partial charge in [0.2, 0.25) is 5.88 Å². The number of hydrogen-bond donors (Lipinski definition) is 0. The third kappa shape index (κ3) is 4.56. The van der Waals surface area contributed by atoms with Crippen molar-refractivity contribution in [1.29, 1.82) is 0 Å². The Kier molecular flexibility index (Phi) is 7.35. The maximum Gasteiger partial charge on any atom is 0.341 e. The lowest BCUT2D eigenvalue weighted by Gasteiger charge is -2.30. The average Bonchev–Trinajstić information content (AvgIpc) is 3.29. The van der Waals surface area contributed by atoms with Crippen molar-refractivity contribution < 1.29 is 23.9 Å². The number of aryl methyl sites for hydroxylation is 1. The topological polar surface area (TPSA) is 119 Å². The minimum Gasteiger partial charge on any atom is -0.481 e. The molecule has 0 N–H and O–H groups in total. The van der Waals surface area contributed by atoms with Crippen molar-refractivity contribution in [3.05, 3.63) is 57.4 Å². The van der Waals surface area contributed by atoms with Crippen molar-refractivity contribution in [3.63, 3.8) is 0 Å². The lowest BCUT2D eigenvalue weighted by atomic mass is 9.93. The van der Waals surface area contributed by atoms with Crippen LogP contribution in [0.4, 0.5) is 5.69 Å². The summed E-state index contributed by atoms with van der Waals surface area (Å²) in [6.07, 6.45) is 3.80. The molecule has 0 bridgehead atoms. The van der Waals surface area contributed by atoms with Crippen molar-refractivity contribution in [1.82, 2.24) is 14.8 Å². The first-order valence-corrected chi connectivity index (χ1v) is 11.9. The van der Waals surface area contributed by atoms with Gasteiger partial charge in [0, 0.05) is 30.4 Å². The fourth-order valence-corrected chi connectivity index (χ4v) is 4.88. The maximum absolute atomic E-state index is 12.9. The summed E-state index contributed by atoms with van der Waals surface area (Å²) in [5.74, 6) is 0.00117. The van der Waals surface area contributed by atoms with Crippen molar-refractivity contribution in [2.75, 3.05) is 26.9 Å². The number of benzene rings is 1. The summed E-state index contributed by atoms with van der Waals surface area (Å²) in [4.78, 5) is 29.1. The van der Waals surface area contributed by atoms with Crippen LogP contribution in [0.2, 0.25) is 0 Å². The Morgan fingerprint density at radius 1 is 1.31 bits per heavy atom. The van der Waals surface area contributed by atoms with Crippen LogP contribution in [-0.2, 0) is 9.47 Å². The molecule has 1 aromatic carbocycles. The van der Waals surface area contributed by atoms with E-state index in [1.807, 2.05) is 26.8 Å². The molecule has 2 unspecified atom stereocenters. The maximum atomic E-state index is 12.9. The molecule has 0 aliphatic carbocycles. The van der Waals surface area contributed by atoms with Crippen LogP contribution in [0.15, 0.2) is 30.6 Å². The minimum atomic E-state index is -0.567. The van der Waals surface area contributed by atoms with Crippen LogP contribution in [0.3, 0.4) is 0 Å². The summed E-state index contributed by atoms with van der Waals surface area (Å²) < 4.78 is 17.9. The molecule has 1 fully saturated rings. The number of nitro groups is 1. The number of esters is 1. The largest absolute Gasteiger partial charge is 0.481 e. The molecule has 1 saturated heterocycles. The highest BCUT2D eigenvalue weighted by molar-refractivity contribution is 5.98. The van der Waals surface area contributed by atoms with Crippen LogP contribution in [0, 0.1) is 29.9 Å². The van der Waals surface area contributed by atoms with Gasteiger partial charge in [-0.2, -0.15) is 5.10 Å². The van der Waals surface area contributed by atoms with Gasteiger partial charge in [-0.15, -0.1) is 0 Å². The Morgan fingerprint density at radius 2 is 2.08 bits per heavy atom. The average molecular weight is 495 g/mol.